The minimum Gasteiger partial charge on any atom is -0.356 e. The zero-order valence-corrected chi connectivity index (χ0v) is 14.1. The summed E-state index contributed by atoms with van der Waals surface area (Å²) in [6.45, 7) is 0.617. The molecule has 0 aliphatic rings. The van der Waals surface area contributed by atoms with E-state index in [1.165, 1.54) is 5.56 Å². The predicted molar refractivity (Wildman–Crippen MR) is 92.0 cm³/mol. The van der Waals surface area contributed by atoms with E-state index in [4.69, 9.17) is 11.6 Å². The van der Waals surface area contributed by atoms with Crippen LogP contribution >= 0.6 is 22.9 Å². The Morgan fingerprint density at radius 1 is 1.26 bits per heavy atom. The topological polar surface area (TPSA) is 59.3 Å². The summed E-state index contributed by atoms with van der Waals surface area (Å²) in [5.74, 6) is 0.0871. The average Bonchev–Trinajstić information content (AvgIpc) is 3.14. The van der Waals surface area contributed by atoms with Crippen LogP contribution in [0.5, 0.6) is 0 Å². The quantitative estimate of drug-likeness (QED) is 0.713. The van der Waals surface area contributed by atoms with Crippen LogP contribution in [0, 0.1) is 0 Å². The Morgan fingerprint density at radius 2 is 2.09 bits per heavy atom. The first-order valence-electron chi connectivity index (χ1n) is 7.49. The highest BCUT2D eigenvalue weighted by molar-refractivity contribution is 7.15. The lowest BCUT2D eigenvalue weighted by Crippen LogP contribution is -2.25. The number of amides is 1. The molecule has 0 unspecified atom stereocenters. The summed E-state index contributed by atoms with van der Waals surface area (Å²) in [7, 11) is 0. The summed E-state index contributed by atoms with van der Waals surface area (Å²) >= 11 is 7.41. The van der Waals surface area contributed by atoms with Crippen LogP contribution in [0.3, 0.4) is 0 Å². The second kappa shape index (κ2) is 7.57. The van der Waals surface area contributed by atoms with Crippen LogP contribution in [0.2, 0.25) is 5.02 Å². The predicted octanol–water partition coefficient (Wildman–Crippen LogP) is 3.13. The lowest BCUT2D eigenvalue weighted by molar-refractivity contribution is -0.121. The first-order valence-corrected chi connectivity index (χ1v) is 8.75. The van der Waals surface area contributed by atoms with Gasteiger partial charge in [-0.2, -0.15) is 5.10 Å². The minimum atomic E-state index is 0.0871. The molecule has 0 spiro atoms. The Kier molecular flexibility index (Phi) is 5.25. The molecule has 23 heavy (non-hydrogen) atoms. The number of aryl methyl sites for hydroxylation is 1. The number of benzene rings is 1. The van der Waals surface area contributed by atoms with Gasteiger partial charge in [-0.05, 0) is 30.5 Å². The van der Waals surface area contributed by atoms with Gasteiger partial charge in [0.2, 0.25) is 10.9 Å². The van der Waals surface area contributed by atoms with Crippen LogP contribution in [0.4, 0.5) is 0 Å². The molecule has 0 atom stereocenters. The largest absolute Gasteiger partial charge is 0.356 e. The molecule has 0 bridgehead atoms. The van der Waals surface area contributed by atoms with E-state index >= 15 is 0 Å². The van der Waals surface area contributed by atoms with Crippen molar-refractivity contribution in [2.75, 3.05) is 6.54 Å². The molecule has 0 saturated carbocycles. The number of hydrogen-bond donors (Lipinski definition) is 1. The summed E-state index contributed by atoms with van der Waals surface area (Å²) in [6, 6.07) is 7.76. The highest BCUT2D eigenvalue weighted by Gasteiger charge is 2.06. The SMILES string of the molecule is O=C(CCCc1ccc(Cl)cc1)NCCc1csc2ncnn12. The third kappa shape index (κ3) is 4.30. The molecule has 2 aromatic heterocycles. The first-order chi connectivity index (χ1) is 11.2. The number of nitrogens with one attached hydrogen (secondary N) is 1. The Morgan fingerprint density at radius 3 is 2.91 bits per heavy atom. The molecule has 3 aromatic rings. The highest BCUT2D eigenvalue weighted by Crippen LogP contribution is 2.13. The number of nitrogens with zero attached hydrogens (tertiary/aromatic N) is 3. The fraction of sp³-hybridized carbons (Fsp3) is 0.312. The van der Waals surface area contributed by atoms with E-state index in [2.05, 4.69) is 15.4 Å². The summed E-state index contributed by atoms with van der Waals surface area (Å²) < 4.78 is 1.82. The molecule has 1 N–H and O–H groups in total. The van der Waals surface area contributed by atoms with Gasteiger partial charge in [0.25, 0.3) is 0 Å². The van der Waals surface area contributed by atoms with Crippen molar-refractivity contribution in [2.45, 2.75) is 25.7 Å². The second-order valence-electron chi connectivity index (χ2n) is 5.26. The number of rotatable bonds is 7. The van der Waals surface area contributed by atoms with Gasteiger partial charge in [0.15, 0.2) is 0 Å². The number of aromatic nitrogens is 3. The van der Waals surface area contributed by atoms with Crippen molar-refractivity contribution in [1.82, 2.24) is 19.9 Å². The van der Waals surface area contributed by atoms with Crippen LogP contribution in [0.15, 0.2) is 36.0 Å². The number of carbonyl (C=O) groups is 1. The molecule has 0 fully saturated rings. The van der Waals surface area contributed by atoms with Gasteiger partial charge in [-0.1, -0.05) is 23.7 Å². The van der Waals surface area contributed by atoms with Crippen molar-refractivity contribution in [3.63, 3.8) is 0 Å². The Balaban J connectivity index is 1.36. The van der Waals surface area contributed by atoms with Crippen LogP contribution in [0.1, 0.15) is 24.1 Å². The van der Waals surface area contributed by atoms with Crippen molar-refractivity contribution in [1.29, 1.82) is 0 Å². The minimum absolute atomic E-state index is 0.0871. The molecular weight excluding hydrogens is 332 g/mol. The third-order valence-electron chi connectivity index (χ3n) is 3.57. The number of fused-ring (bicyclic) bond motifs is 1. The van der Waals surface area contributed by atoms with E-state index in [1.807, 2.05) is 34.2 Å². The van der Waals surface area contributed by atoms with Gasteiger partial charge in [-0.25, -0.2) is 9.50 Å². The van der Waals surface area contributed by atoms with Gasteiger partial charge in [0, 0.05) is 29.8 Å². The number of thiazole rings is 1. The molecule has 1 amide bonds. The van der Waals surface area contributed by atoms with E-state index in [9.17, 15) is 4.79 Å². The lowest BCUT2D eigenvalue weighted by Gasteiger charge is -2.05. The summed E-state index contributed by atoms with van der Waals surface area (Å²) in [5.41, 5.74) is 2.28. The Hall–Kier alpha value is -1.92. The molecule has 0 saturated heterocycles. The summed E-state index contributed by atoms with van der Waals surface area (Å²) in [6.07, 6.45) is 4.55. The zero-order valence-electron chi connectivity index (χ0n) is 12.5. The van der Waals surface area contributed by atoms with E-state index in [1.54, 1.807) is 17.7 Å². The lowest BCUT2D eigenvalue weighted by atomic mass is 10.1. The summed E-state index contributed by atoms with van der Waals surface area (Å²) in [4.78, 5) is 16.9. The molecule has 120 valence electrons. The van der Waals surface area contributed by atoms with E-state index in [-0.39, 0.29) is 5.91 Å². The zero-order chi connectivity index (χ0) is 16.1. The smallest absolute Gasteiger partial charge is 0.220 e. The molecular formula is C16H17ClN4OS. The number of halogens is 1. The number of carbonyl (C=O) groups excluding carboxylic acids is 1. The molecule has 0 radical (unpaired) electrons. The van der Waals surface area contributed by atoms with E-state index in [0.29, 0.717) is 13.0 Å². The fourth-order valence-electron chi connectivity index (χ4n) is 2.37. The molecule has 0 aliphatic heterocycles. The molecule has 1 aromatic carbocycles. The fourth-order valence-corrected chi connectivity index (χ4v) is 3.32. The Labute approximate surface area is 143 Å². The van der Waals surface area contributed by atoms with Crippen molar-refractivity contribution in [3.05, 3.63) is 52.3 Å². The Bertz CT molecular complexity index is 781. The van der Waals surface area contributed by atoms with Crippen molar-refractivity contribution in [3.8, 4) is 0 Å². The van der Waals surface area contributed by atoms with E-state index in [0.717, 1.165) is 34.9 Å². The first kappa shape index (κ1) is 16.0. The average molecular weight is 349 g/mol. The maximum Gasteiger partial charge on any atom is 0.220 e. The van der Waals surface area contributed by atoms with Crippen LogP contribution < -0.4 is 5.32 Å². The van der Waals surface area contributed by atoms with Crippen molar-refractivity contribution in [2.24, 2.45) is 0 Å². The van der Waals surface area contributed by atoms with Crippen LogP contribution in [-0.2, 0) is 17.6 Å². The molecule has 5 nitrogen and oxygen atoms in total. The molecule has 7 heteroatoms. The monoisotopic (exact) mass is 348 g/mol. The molecule has 0 aliphatic carbocycles. The highest BCUT2D eigenvalue weighted by atomic mass is 35.5. The van der Waals surface area contributed by atoms with Gasteiger partial charge in [0.1, 0.15) is 6.33 Å². The van der Waals surface area contributed by atoms with E-state index < -0.39 is 0 Å². The van der Waals surface area contributed by atoms with Gasteiger partial charge in [0.05, 0.1) is 5.69 Å². The summed E-state index contributed by atoms with van der Waals surface area (Å²) in [5, 5.41) is 9.88. The van der Waals surface area contributed by atoms with Crippen LogP contribution in [0.25, 0.3) is 4.96 Å². The van der Waals surface area contributed by atoms with Gasteiger partial charge < -0.3 is 5.32 Å². The van der Waals surface area contributed by atoms with Gasteiger partial charge >= 0.3 is 0 Å². The normalized spacial score (nSPS) is 11.0. The third-order valence-corrected chi connectivity index (χ3v) is 4.71. The number of hydrogen-bond acceptors (Lipinski definition) is 4. The maximum atomic E-state index is 11.9. The molecule has 3 rings (SSSR count). The maximum absolute atomic E-state index is 11.9. The standard InChI is InChI=1S/C16H17ClN4OS/c17-13-6-4-12(5-7-13)2-1-3-15(22)18-9-8-14-10-23-16-19-11-20-21(14)16/h4-7,10-11H,1-3,8-9H2,(H,18,22). The van der Waals surface area contributed by atoms with Crippen molar-refractivity contribution >= 4 is 33.8 Å². The molecule has 2 heterocycles. The van der Waals surface area contributed by atoms with Crippen molar-refractivity contribution < 1.29 is 4.79 Å². The van der Waals surface area contributed by atoms with Gasteiger partial charge in [-0.3, -0.25) is 4.79 Å². The van der Waals surface area contributed by atoms with Gasteiger partial charge in [-0.15, -0.1) is 11.3 Å². The van der Waals surface area contributed by atoms with Crippen LogP contribution in [-0.4, -0.2) is 27.0 Å². The second-order valence-corrected chi connectivity index (χ2v) is 6.53.